The number of nitrogens with zero attached hydrogens (tertiary/aromatic N) is 2. The highest BCUT2D eigenvalue weighted by Crippen LogP contribution is 2.42. The number of amides is 2. The van der Waals surface area contributed by atoms with Crippen LogP contribution in [0.2, 0.25) is 0 Å². The summed E-state index contributed by atoms with van der Waals surface area (Å²) < 4.78 is 0. The molecule has 2 amide bonds. The van der Waals surface area contributed by atoms with Gasteiger partial charge in [-0.1, -0.05) is 42.5 Å². The molecule has 3 N–H and O–H groups in total. The van der Waals surface area contributed by atoms with E-state index in [2.05, 4.69) is 29.3 Å². The number of imide groups is 1. The third-order valence-electron chi connectivity index (χ3n) is 6.01. The molecule has 0 unspecified atom stereocenters. The van der Waals surface area contributed by atoms with Crippen LogP contribution in [0.25, 0.3) is 11.3 Å². The summed E-state index contributed by atoms with van der Waals surface area (Å²) in [7, 11) is 4.09. The summed E-state index contributed by atoms with van der Waals surface area (Å²) >= 11 is 0. The van der Waals surface area contributed by atoms with E-state index in [-0.39, 0.29) is 17.9 Å². The van der Waals surface area contributed by atoms with E-state index in [0.717, 1.165) is 11.3 Å². The Labute approximate surface area is 194 Å². The summed E-state index contributed by atoms with van der Waals surface area (Å²) in [6.07, 6.45) is 0. The molecule has 1 aliphatic heterocycles. The first-order valence-corrected chi connectivity index (χ1v) is 10.9. The molecule has 6 heteroatoms. The number of carbonyl (C=O) groups excluding carboxylic acids is 2. The van der Waals surface area contributed by atoms with Crippen LogP contribution in [0, 0.1) is 0 Å². The molecular formula is C27H28N4O2. The van der Waals surface area contributed by atoms with E-state index in [4.69, 9.17) is 5.73 Å². The second kappa shape index (κ2) is 8.92. The Kier molecular flexibility index (Phi) is 6.03. The molecule has 0 fully saturated rings. The van der Waals surface area contributed by atoms with Gasteiger partial charge in [-0.25, -0.2) is 4.90 Å². The van der Waals surface area contributed by atoms with Crippen LogP contribution in [-0.4, -0.2) is 30.8 Å². The lowest BCUT2D eigenvalue weighted by Crippen LogP contribution is -2.31. The van der Waals surface area contributed by atoms with Crippen molar-refractivity contribution in [2.45, 2.75) is 19.9 Å². The van der Waals surface area contributed by atoms with E-state index < -0.39 is 0 Å². The van der Waals surface area contributed by atoms with Crippen LogP contribution < -0.4 is 16.0 Å². The fourth-order valence-corrected chi connectivity index (χ4v) is 4.01. The van der Waals surface area contributed by atoms with Gasteiger partial charge in [0.15, 0.2) is 0 Å². The van der Waals surface area contributed by atoms with Gasteiger partial charge in [-0.15, -0.1) is 0 Å². The zero-order valence-electron chi connectivity index (χ0n) is 19.3. The molecule has 0 bridgehead atoms. The van der Waals surface area contributed by atoms with Crippen molar-refractivity contribution in [2.24, 2.45) is 0 Å². The van der Waals surface area contributed by atoms with Gasteiger partial charge in [0.2, 0.25) is 5.91 Å². The van der Waals surface area contributed by atoms with Crippen LogP contribution in [0.3, 0.4) is 0 Å². The summed E-state index contributed by atoms with van der Waals surface area (Å²) in [5.41, 5.74) is 11.6. The molecule has 0 saturated carbocycles. The number of rotatable bonds is 5. The Hall–Kier alpha value is -3.90. The van der Waals surface area contributed by atoms with Crippen LogP contribution in [0.15, 0.2) is 72.8 Å². The number of anilines is 3. The molecule has 0 radical (unpaired) electrons. The summed E-state index contributed by atoms with van der Waals surface area (Å²) in [4.78, 5) is 29.2. The van der Waals surface area contributed by atoms with Gasteiger partial charge in [0.05, 0.1) is 17.0 Å². The number of nitrogen functional groups attached to an aromatic ring is 1. The van der Waals surface area contributed by atoms with Crippen LogP contribution in [0.5, 0.6) is 0 Å². The maximum absolute atomic E-state index is 13.5. The van der Waals surface area contributed by atoms with Crippen molar-refractivity contribution < 1.29 is 9.59 Å². The van der Waals surface area contributed by atoms with Crippen molar-refractivity contribution in [3.05, 3.63) is 89.5 Å². The molecule has 4 rings (SSSR count). The maximum atomic E-state index is 13.5. The molecular weight excluding hydrogens is 412 g/mol. The first-order chi connectivity index (χ1) is 15.8. The Morgan fingerprint density at radius 2 is 1.67 bits per heavy atom. The predicted octanol–water partition coefficient (Wildman–Crippen LogP) is 4.76. The smallest absolute Gasteiger partial charge is 0.267 e. The van der Waals surface area contributed by atoms with E-state index in [9.17, 15) is 9.59 Å². The normalized spacial score (nSPS) is 15.4. The fraction of sp³-hybridized carbons (Fsp3) is 0.185. The number of hydrogen-bond donors (Lipinski definition) is 2. The third-order valence-corrected chi connectivity index (χ3v) is 6.01. The largest absolute Gasteiger partial charge is 0.399 e. The maximum Gasteiger partial charge on any atom is 0.267 e. The quantitative estimate of drug-likeness (QED) is 0.442. The average Bonchev–Trinajstić information content (AvgIpc) is 3.08. The van der Waals surface area contributed by atoms with Gasteiger partial charge in [-0.05, 0) is 62.5 Å². The second-order valence-corrected chi connectivity index (χ2v) is 8.44. The van der Waals surface area contributed by atoms with E-state index in [1.807, 2.05) is 56.6 Å². The van der Waals surface area contributed by atoms with E-state index in [1.165, 1.54) is 17.4 Å². The summed E-state index contributed by atoms with van der Waals surface area (Å²) in [5, 5.41) is 3.45. The Bertz CT molecular complexity index is 1230. The van der Waals surface area contributed by atoms with Crippen molar-refractivity contribution in [1.82, 2.24) is 4.90 Å². The summed E-state index contributed by atoms with van der Waals surface area (Å²) in [6.45, 7) is 3.53. The van der Waals surface area contributed by atoms with Crippen molar-refractivity contribution in [2.75, 3.05) is 30.0 Å². The molecule has 1 atom stereocenters. The van der Waals surface area contributed by atoms with E-state index in [1.54, 1.807) is 18.2 Å². The lowest BCUT2D eigenvalue weighted by molar-refractivity contribution is -0.122. The minimum Gasteiger partial charge on any atom is -0.399 e. The van der Waals surface area contributed by atoms with Gasteiger partial charge in [0.1, 0.15) is 0 Å². The number of nitrogens with one attached hydrogen (secondary N) is 1. The van der Waals surface area contributed by atoms with Crippen LogP contribution in [0.1, 0.15) is 36.6 Å². The van der Waals surface area contributed by atoms with E-state index >= 15 is 0 Å². The SMILES string of the molecule is CC(=O)N1C(=O)/C(=C(\Nc2ccc([C@H](C)N(C)C)cc2)c2ccccc2)c2ccc(N)cc21. The molecule has 1 aliphatic rings. The molecule has 0 spiro atoms. The molecule has 33 heavy (non-hydrogen) atoms. The molecule has 1 heterocycles. The first kappa shape index (κ1) is 22.3. The molecule has 3 aromatic rings. The highest BCUT2D eigenvalue weighted by Gasteiger charge is 2.37. The highest BCUT2D eigenvalue weighted by molar-refractivity contribution is 6.43. The van der Waals surface area contributed by atoms with Gasteiger partial charge in [0, 0.05) is 29.9 Å². The average molecular weight is 441 g/mol. The van der Waals surface area contributed by atoms with Gasteiger partial charge in [-0.3, -0.25) is 9.59 Å². The number of benzene rings is 3. The molecule has 0 aromatic heterocycles. The zero-order valence-corrected chi connectivity index (χ0v) is 19.3. The van der Waals surface area contributed by atoms with Gasteiger partial charge in [0.25, 0.3) is 5.91 Å². The molecule has 0 aliphatic carbocycles. The molecule has 6 nitrogen and oxygen atoms in total. The summed E-state index contributed by atoms with van der Waals surface area (Å²) in [6, 6.07) is 23.3. The number of nitrogens with two attached hydrogens (primary N) is 1. The third kappa shape index (κ3) is 4.25. The minimum absolute atomic E-state index is 0.281. The Balaban J connectivity index is 1.86. The zero-order chi connectivity index (χ0) is 23.7. The topological polar surface area (TPSA) is 78.7 Å². The monoisotopic (exact) mass is 440 g/mol. The predicted molar refractivity (Wildman–Crippen MR) is 134 cm³/mol. The summed E-state index contributed by atoms with van der Waals surface area (Å²) in [5.74, 6) is -0.719. The van der Waals surface area contributed by atoms with Crippen molar-refractivity contribution in [3.8, 4) is 0 Å². The standard InChI is InChI=1S/C27H28N4O2/c1-17(30(3)4)19-10-13-22(14-11-19)29-26(20-8-6-5-7-9-20)25-23-15-12-21(28)16-24(23)31(18(2)32)27(25)33/h5-17,29H,28H2,1-4H3/b26-25-/t17-/m0/s1. The Morgan fingerprint density at radius 3 is 2.27 bits per heavy atom. The van der Waals surface area contributed by atoms with Crippen LogP contribution in [-0.2, 0) is 9.59 Å². The van der Waals surface area contributed by atoms with Crippen molar-refractivity contribution >= 4 is 40.1 Å². The van der Waals surface area contributed by atoms with Gasteiger partial charge in [-0.2, -0.15) is 0 Å². The van der Waals surface area contributed by atoms with Gasteiger partial charge >= 0.3 is 0 Å². The fourth-order valence-electron chi connectivity index (χ4n) is 4.01. The Morgan fingerprint density at radius 1 is 1.00 bits per heavy atom. The number of fused-ring (bicyclic) bond motifs is 1. The number of carbonyl (C=O) groups is 2. The lowest BCUT2D eigenvalue weighted by atomic mass is 9.99. The van der Waals surface area contributed by atoms with Gasteiger partial charge < -0.3 is 16.0 Å². The first-order valence-electron chi connectivity index (χ1n) is 10.9. The lowest BCUT2D eigenvalue weighted by Gasteiger charge is -2.21. The molecule has 3 aromatic carbocycles. The molecule has 168 valence electrons. The number of hydrogen-bond acceptors (Lipinski definition) is 5. The molecule has 0 saturated heterocycles. The highest BCUT2D eigenvalue weighted by atomic mass is 16.2. The van der Waals surface area contributed by atoms with Crippen molar-refractivity contribution in [3.63, 3.8) is 0 Å². The van der Waals surface area contributed by atoms with Crippen LogP contribution in [0.4, 0.5) is 17.1 Å². The van der Waals surface area contributed by atoms with E-state index in [0.29, 0.717) is 28.2 Å². The second-order valence-electron chi connectivity index (χ2n) is 8.44. The van der Waals surface area contributed by atoms with Crippen molar-refractivity contribution in [1.29, 1.82) is 0 Å². The van der Waals surface area contributed by atoms with Crippen LogP contribution >= 0.6 is 0 Å². The minimum atomic E-state index is -0.368.